The molecule has 3 aromatic carbocycles. The van der Waals surface area contributed by atoms with E-state index in [2.05, 4.69) is 61.5 Å². The molecule has 0 aliphatic heterocycles. The van der Waals surface area contributed by atoms with Crippen LogP contribution in [0.3, 0.4) is 0 Å². The second-order valence-electron chi connectivity index (χ2n) is 9.70. The van der Waals surface area contributed by atoms with Crippen molar-refractivity contribution in [1.82, 2.24) is 0 Å². The highest BCUT2D eigenvalue weighted by Crippen LogP contribution is 2.39. The number of benzene rings is 3. The molecule has 3 aromatic rings. The van der Waals surface area contributed by atoms with Gasteiger partial charge in [-0.05, 0) is 104 Å². The molecule has 1 saturated carbocycles. The summed E-state index contributed by atoms with van der Waals surface area (Å²) in [6.07, 6.45) is 8.36. The van der Waals surface area contributed by atoms with Crippen LogP contribution in [0.25, 0.3) is 0 Å². The molecule has 33 heavy (non-hydrogen) atoms. The number of rotatable bonds is 9. The second kappa shape index (κ2) is 11.5. The predicted octanol–water partition coefficient (Wildman–Crippen LogP) is 8.48. The van der Waals surface area contributed by atoms with E-state index < -0.39 is 0 Å². The van der Waals surface area contributed by atoms with E-state index in [1.165, 1.54) is 48.8 Å². The van der Waals surface area contributed by atoms with Gasteiger partial charge >= 0.3 is 0 Å². The van der Waals surface area contributed by atoms with Crippen molar-refractivity contribution in [3.05, 3.63) is 101 Å². The minimum Gasteiger partial charge on any atom is -0.491 e. The van der Waals surface area contributed by atoms with Gasteiger partial charge in [0.05, 0.1) is 6.61 Å². The van der Waals surface area contributed by atoms with Gasteiger partial charge in [0.15, 0.2) is 11.6 Å². The van der Waals surface area contributed by atoms with Crippen LogP contribution in [0.2, 0.25) is 0 Å². The highest BCUT2D eigenvalue weighted by atomic mass is 19.1. The zero-order valence-electron chi connectivity index (χ0n) is 20.1. The molecule has 1 aliphatic rings. The van der Waals surface area contributed by atoms with Gasteiger partial charge in [-0.15, -0.1) is 0 Å². The summed E-state index contributed by atoms with van der Waals surface area (Å²) in [6, 6.07) is 25.5. The van der Waals surface area contributed by atoms with Gasteiger partial charge in [-0.3, -0.25) is 0 Å². The SMILES string of the molecule is CCOc1ccc(CCc2ccc(C3CCC(C[C@H](C)c4ccccc4)CC3)cc2)cc1F. The van der Waals surface area contributed by atoms with Crippen LogP contribution in [0.4, 0.5) is 4.39 Å². The highest BCUT2D eigenvalue weighted by Gasteiger charge is 2.24. The molecule has 1 fully saturated rings. The van der Waals surface area contributed by atoms with Crippen molar-refractivity contribution >= 4 is 0 Å². The molecular formula is C31H37FO. The Morgan fingerprint density at radius 1 is 0.848 bits per heavy atom. The lowest BCUT2D eigenvalue weighted by atomic mass is 9.75. The maximum atomic E-state index is 14.1. The van der Waals surface area contributed by atoms with E-state index in [0.717, 1.165) is 24.3 Å². The first kappa shape index (κ1) is 23.5. The zero-order valence-corrected chi connectivity index (χ0v) is 20.1. The largest absolute Gasteiger partial charge is 0.491 e. The van der Waals surface area contributed by atoms with E-state index in [1.807, 2.05) is 13.0 Å². The summed E-state index contributed by atoms with van der Waals surface area (Å²) >= 11 is 0. The Morgan fingerprint density at radius 3 is 2.18 bits per heavy atom. The second-order valence-corrected chi connectivity index (χ2v) is 9.70. The van der Waals surface area contributed by atoms with E-state index >= 15 is 0 Å². The quantitative estimate of drug-likeness (QED) is 0.321. The normalized spacial score (nSPS) is 19.2. The fraction of sp³-hybridized carbons (Fsp3) is 0.419. The molecule has 1 aliphatic carbocycles. The zero-order chi connectivity index (χ0) is 23.0. The lowest BCUT2D eigenvalue weighted by Crippen LogP contribution is -2.15. The van der Waals surface area contributed by atoms with Crippen molar-refractivity contribution in [3.8, 4) is 5.75 Å². The number of hydrogen-bond acceptors (Lipinski definition) is 1. The summed E-state index contributed by atoms with van der Waals surface area (Å²) in [5.41, 5.74) is 5.30. The molecule has 0 heterocycles. The molecule has 0 radical (unpaired) electrons. The Labute approximate surface area is 199 Å². The first-order chi connectivity index (χ1) is 16.1. The van der Waals surface area contributed by atoms with Gasteiger partial charge in [0.2, 0.25) is 0 Å². The van der Waals surface area contributed by atoms with Crippen LogP contribution in [0.5, 0.6) is 5.75 Å². The van der Waals surface area contributed by atoms with E-state index in [4.69, 9.17) is 4.74 Å². The van der Waals surface area contributed by atoms with Crippen LogP contribution in [0.15, 0.2) is 72.8 Å². The van der Waals surface area contributed by atoms with Crippen LogP contribution < -0.4 is 4.74 Å². The monoisotopic (exact) mass is 444 g/mol. The van der Waals surface area contributed by atoms with Crippen molar-refractivity contribution < 1.29 is 9.13 Å². The van der Waals surface area contributed by atoms with Crippen molar-refractivity contribution in [1.29, 1.82) is 0 Å². The van der Waals surface area contributed by atoms with E-state index in [1.54, 1.807) is 12.1 Å². The van der Waals surface area contributed by atoms with E-state index in [0.29, 0.717) is 24.2 Å². The number of ether oxygens (including phenoxy) is 1. The van der Waals surface area contributed by atoms with Crippen molar-refractivity contribution in [2.24, 2.45) is 5.92 Å². The Bertz CT molecular complexity index is 987. The fourth-order valence-electron chi connectivity index (χ4n) is 5.37. The third-order valence-electron chi connectivity index (χ3n) is 7.35. The third kappa shape index (κ3) is 6.47. The molecule has 0 amide bonds. The summed E-state index contributed by atoms with van der Waals surface area (Å²) in [7, 11) is 0. The standard InChI is InChI=1S/C31H37FO/c1-3-33-31-20-15-26(22-30(31)32)10-9-24-11-16-28(17-12-24)29-18-13-25(14-19-29)21-23(2)27-7-5-4-6-8-27/h4-8,11-12,15-17,20,22-23,25,29H,3,9-10,13-14,18-19,21H2,1-2H3/t23-,25?,29?/m0/s1. The first-order valence-electron chi connectivity index (χ1n) is 12.7. The van der Waals surface area contributed by atoms with Crippen LogP contribution in [0, 0.1) is 11.7 Å². The van der Waals surface area contributed by atoms with Gasteiger partial charge in [-0.1, -0.05) is 67.6 Å². The molecule has 2 heteroatoms. The molecule has 4 rings (SSSR count). The Balaban J connectivity index is 1.25. The Hall–Kier alpha value is -2.61. The van der Waals surface area contributed by atoms with Crippen molar-refractivity contribution in [2.45, 2.75) is 70.6 Å². The molecule has 1 atom stereocenters. The van der Waals surface area contributed by atoms with Gasteiger partial charge in [0.25, 0.3) is 0 Å². The lowest BCUT2D eigenvalue weighted by Gasteiger charge is -2.30. The minimum atomic E-state index is -0.265. The molecule has 0 unspecified atom stereocenters. The Morgan fingerprint density at radius 2 is 1.52 bits per heavy atom. The third-order valence-corrected chi connectivity index (χ3v) is 7.35. The summed E-state index contributed by atoms with van der Waals surface area (Å²) in [5, 5.41) is 0. The van der Waals surface area contributed by atoms with Gasteiger partial charge in [-0.2, -0.15) is 0 Å². The molecule has 0 bridgehead atoms. The van der Waals surface area contributed by atoms with Crippen LogP contribution in [0.1, 0.15) is 80.0 Å². The maximum Gasteiger partial charge on any atom is 0.165 e. The minimum absolute atomic E-state index is 0.265. The smallest absolute Gasteiger partial charge is 0.165 e. The summed E-state index contributed by atoms with van der Waals surface area (Å²) in [5.74, 6) is 2.27. The van der Waals surface area contributed by atoms with Crippen molar-refractivity contribution in [3.63, 3.8) is 0 Å². The number of hydrogen-bond donors (Lipinski definition) is 0. The first-order valence-corrected chi connectivity index (χ1v) is 12.7. The molecule has 1 nitrogen and oxygen atoms in total. The van der Waals surface area contributed by atoms with Gasteiger partial charge in [-0.25, -0.2) is 4.39 Å². The average molecular weight is 445 g/mol. The van der Waals surface area contributed by atoms with E-state index in [-0.39, 0.29) is 5.82 Å². The van der Waals surface area contributed by atoms with Gasteiger partial charge in [0, 0.05) is 0 Å². The number of aryl methyl sites for hydroxylation is 2. The molecule has 0 spiro atoms. The molecular weight excluding hydrogens is 407 g/mol. The maximum absolute atomic E-state index is 14.1. The molecule has 0 saturated heterocycles. The molecule has 174 valence electrons. The average Bonchev–Trinajstić information content (AvgIpc) is 2.86. The summed E-state index contributed by atoms with van der Waals surface area (Å²) < 4.78 is 19.4. The topological polar surface area (TPSA) is 9.23 Å². The van der Waals surface area contributed by atoms with Crippen LogP contribution in [-0.4, -0.2) is 6.61 Å². The van der Waals surface area contributed by atoms with Crippen molar-refractivity contribution in [2.75, 3.05) is 6.61 Å². The lowest BCUT2D eigenvalue weighted by molar-refractivity contribution is 0.297. The fourth-order valence-corrected chi connectivity index (χ4v) is 5.37. The predicted molar refractivity (Wildman–Crippen MR) is 136 cm³/mol. The van der Waals surface area contributed by atoms with Gasteiger partial charge < -0.3 is 4.74 Å². The van der Waals surface area contributed by atoms with Crippen LogP contribution >= 0.6 is 0 Å². The van der Waals surface area contributed by atoms with Crippen LogP contribution in [-0.2, 0) is 12.8 Å². The van der Waals surface area contributed by atoms with E-state index in [9.17, 15) is 4.39 Å². The highest BCUT2D eigenvalue weighted by molar-refractivity contribution is 5.31. The number of halogens is 1. The Kier molecular flexibility index (Phi) is 8.20. The summed E-state index contributed by atoms with van der Waals surface area (Å²) in [4.78, 5) is 0. The molecule has 0 N–H and O–H groups in total. The molecule has 0 aromatic heterocycles. The van der Waals surface area contributed by atoms with Gasteiger partial charge in [0.1, 0.15) is 0 Å². The summed E-state index contributed by atoms with van der Waals surface area (Å²) in [6.45, 7) is 4.73.